The summed E-state index contributed by atoms with van der Waals surface area (Å²) in [6.45, 7) is 23.2. The molecule has 0 aromatic rings. The summed E-state index contributed by atoms with van der Waals surface area (Å²) in [7, 11) is -2.13. The number of unbranched alkanes of at least 4 members (excludes halogenated alkanes) is 20. The number of hydrogen-bond donors (Lipinski definition) is 0. The van der Waals surface area contributed by atoms with E-state index in [2.05, 4.69) is 61.6 Å². The molecule has 0 unspecified atom stereocenters. The minimum atomic E-state index is -2.13. The van der Waals surface area contributed by atoms with E-state index < -0.39 is 20.9 Å². The molecule has 0 amide bonds. The average Bonchev–Trinajstić information content (AvgIpc) is 3.22. The summed E-state index contributed by atoms with van der Waals surface area (Å²) in [5, 5.41) is 0.0126. The van der Waals surface area contributed by atoms with Crippen LogP contribution in [0.5, 0.6) is 0 Å². The van der Waals surface area contributed by atoms with Crippen LogP contribution in [0, 0.1) is 0 Å². The maximum absolute atomic E-state index is 13.0. The fraction of sp³-hybridized carbons (Fsp3) is 0.961. The summed E-state index contributed by atoms with van der Waals surface area (Å²) in [4.78, 5) is 25.9. The first-order valence-electron chi connectivity index (χ1n) is 25.8. The van der Waals surface area contributed by atoms with Gasteiger partial charge in [-0.1, -0.05) is 177 Å². The van der Waals surface area contributed by atoms with Crippen molar-refractivity contribution in [2.24, 2.45) is 0 Å². The first-order valence-corrected chi connectivity index (χ1v) is 28.8. The van der Waals surface area contributed by atoms with E-state index >= 15 is 0 Å². The zero-order valence-corrected chi connectivity index (χ0v) is 42.9. The molecule has 0 aliphatic heterocycles. The molecular weight excluding hydrogens is 785 g/mol. The number of rotatable bonds is 46. The van der Waals surface area contributed by atoms with Crippen LogP contribution in [0.4, 0.5) is 0 Å². The van der Waals surface area contributed by atoms with E-state index in [0.717, 1.165) is 51.4 Å². The zero-order chi connectivity index (χ0) is 45.3. The molecule has 0 aliphatic carbocycles. The van der Waals surface area contributed by atoms with Crippen LogP contribution in [0.2, 0.25) is 18.1 Å². The molecule has 0 spiro atoms. The third kappa shape index (κ3) is 38.0. The van der Waals surface area contributed by atoms with Gasteiger partial charge in [-0.3, -0.25) is 9.59 Å². The fourth-order valence-corrected chi connectivity index (χ4v) is 8.32. The van der Waals surface area contributed by atoms with E-state index in [1.54, 1.807) is 0 Å². The lowest BCUT2D eigenvalue weighted by atomic mass is 10.1. The van der Waals surface area contributed by atoms with Crippen LogP contribution in [0.15, 0.2) is 0 Å². The van der Waals surface area contributed by atoms with Crippen LogP contribution in [-0.4, -0.2) is 78.6 Å². The number of carbonyl (C=O) groups is 2. The van der Waals surface area contributed by atoms with Gasteiger partial charge in [0.1, 0.15) is 0 Å². The van der Waals surface area contributed by atoms with Crippen molar-refractivity contribution in [3.63, 3.8) is 0 Å². The molecule has 10 heteroatoms. The Hall–Kier alpha value is -1.04. The molecule has 0 N–H and O–H groups in total. The van der Waals surface area contributed by atoms with Gasteiger partial charge in [0.2, 0.25) is 0 Å². The molecule has 0 heterocycles. The van der Waals surface area contributed by atoms with Crippen LogP contribution in [0.1, 0.15) is 241 Å². The Morgan fingerprint density at radius 2 is 0.689 bits per heavy atom. The van der Waals surface area contributed by atoms with E-state index in [4.69, 9.17) is 32.8 Å². The van der Waals surface area contributed by atoms with Crippen LogP contribution >= 0.6 is 0 Å². The summed E-state index contributed by atoms with van der Waals surface area (Å²) in [5.74, 6) is -0.498. The highest BCUT2D eigenvalue weighted by atomic mass is 28.4. The predicted molar refractivity (Wildman–Crippen MR) is 257 cm³/mol. The molecule has 0 aromatic heterocycles. The normalized spacial score (nSPS) is 12.3. The van der Waals surface area contributed by atoms with Crippen LogP contribution in [0.3, 0.4) is 0 Å². The molecule has 0 bridgehead atoms. The van der Waals surface area contributed by atoms with Crippen molar-refractivity contribution >= 4 is 20.3 Å². The minimum Gasteiger partial charge on any atom is -0.466 e. The fourth-order valence-electron chi connectivity index (χ4n) is 6.90. The molecule has 0 aliphatic rings. The van der Waals surface area contributed by atoms with Crippen molar-refractivity contribution in [1.82, 2.24) is 0 Å². The molecule has 0 fully saturated rings. The Kier molecular flexibility index (Phi) is 40.9. The van der Waals surface area contributed by atoms with Gasteiger partial charge in [-0.15, -0.1) is 0 Å². The quantitative estimate of drug-likeness (QED) is 0.0256. The van der Waals surface area contributed by atoms with Crippen molar-refractivity contribution in [3.8, 4) is 0 Å². The lowest BCUT2D eigenvalue weighted by molar-refractivity contribution is -0.160. The molecule has 0 radical (unpaired) electrons. The Balaban J connectivity index is 5.06. The van der Waals surface area contributed by atoms with Crippen molar-refractivity contribution in [1.29, 1.82) is 0 Å². The number of carbonyl (C=O) groups excluding carboxylic acids is 2. The molecule has 0 saturated carbocycles. The monoisotopic (exact) mass is 887 g/mol. The smallest absolute Gasteiger partial charge is 0.305 e. The summed E-state index contributed by atoms with van der Waals surface area (Å²) < 4.78 is 42.9. The second-order valence-corrected chi connectivity index (χ2v) is 23.8. The standard InChI is InChI=1S/C51H102O9Si/c1-10-14-18-22-26-30-40-56-49(57-41-31-27-23-19-15-11-2)36-34-47(52)54-44-38-46(60-61(8,9)51(5,6)7)39-45-55-48(53)35-37-50(58-42-32-28-24-20-16-12-3)59-43-33-29-25-21-17-13-4/h46,49-50H,10-45H2,1-9H3. The van der Waals surface area contributed by atoms with Gasteiger partial charge in [0.25, 0.3) is 0 Å². The molecule has 9 nitrogen and oxygen atoms in total. The highest BCUT2D eigenvalue weighted by Crippen LogP contribution is 2.38. The van der Waals surface area contributed by atoms with Crippen molar-refractivity contribution in [2.75, 3.05) is 39.6 Å². The lowest BCUT2D eigenvalue weighted by Crippen LogP contribution is -2.44. The Labute approximate surface area is 379 Å². The number of hydrogen-bond acceptors (Lipinski definition) is 9. The summed E-state index contributed by atoms with van der Waals surface area (Å²) >= 11 is 0. The van der Waals surface area contributed by atoms with Crippen LogP contribution < -0.4 is 0 Å². The molecule has 61 heavy (non-hydrogen) atoms. The van der Waals surface area contributed by atoms with Gasteiger partial charge < -0.3 is 32.8 Å². The first-order chi connectivity index (χ1) is 29.4. The molecule has 364 valence electrons. The third-order valence-corrected chi connectivity index (χ3v) is 16.6. The zero-order valence-electron chi connectivity index (χ0n) is 41.9. The van der Waals surface area contributed by atoms with E-state index in [1.807, 2.05) is 0 Å². The van der Waals surface area contributed by atoms with Gasteiger partial charge in [0.15, 0.2) is 20.9 Å². The molecule has 0 aromatic carbocycles. The predicted octanol–water partition coefficient (Wildman–Crippen LogP) is 15.0. The SMILES string of the molecule is CCCCCCCCOC(CCC(=O)OCCC(CCOC(=O)CCC(OCCCCCCCC)OCCCCCCCC)O[Si](C)(C)C(C)(C)C)OCCCCCCCC. The Bertz CT molecular complexity index is 874. The van der Waals surface area contributed by atoms with E-state index in [0.29, 0.717) is 52.1 Å². The van der Waals surface area contributed by atoms with E-state index in [-0.39, 0.29) is 49.1 Å². The largest absolute Gasteiger partial charge is 0.466 e. The number of esters is 2. The van der Waals surface area contributed by atoms with Gasteiger partial charge in [0.05, 0.1) is 32.2 Å². The van der Waals surface area contributed by atoms with Gasteiger partial charge in [-0.05, 0) is 43.8 Å². The van der Waals surface area contributed by atoms with Crippen molar-refractivity contribution < 1.29 is 42.4 Å². The molecule has 0 saturated heterocycles. The maximum Gasteiger partial charge on any atom is 0.305 e. The second-order valence-electron chi connectivity index (χ2n) is 19.0. The first kappa shape index (κ1) is 60.0. The van der Waals surface area contributed by atoms with Gasteiger partial charge in [-0.25, -0.2) is 0 Å². The van der Waals surface area contributed by atoms with Gasteiger partial charge >= 0.3 is 11.9 Å². The Morgan fingerprint density at radius 3 is 0.967 bits per heavy atom. The van der Waals surface area contributed by atoms with E-state index in [1.165, 1.54) is 103 Å². The lowest BCUT2D eigenvalue weighted by Gasteiger charge is -2.39. The van der Waals surface area contributed by atoms with Crippen molar-refractivity contribution in [3.05, 3.63) is 0 Å². The Morgan fingerprint density at radius 1 is 0.410 bits per heavy atom. The summed E-state index contributed by atoms with van der Waals surface area (Å²) in [5.41, 5.74) is 0. The van der Waals surface area contributed by atoms with Gasteiger partial charge in [-0.2, -0.15) is 0 Å². The average molecular weight is 887 g/mol. The molecule has 0 rings (SSSR count). The molecular formula is C51H102O9Si. The summed E-state index contributed by atoms with van der Waals surface area (Å²) in [6, 6.07) is 0. The second kappa shape index (κ2) is 41.6. The van der Waals surface area contributed by atoms with E-state index in [9.17, 15) is 9.59 Å². The van der Waals surface area contributed by atoms with Gasteiger partial charge in [0, 0.05) is 52.1 Å². The van der Waals surface area contributed by atoms with Crippen LogP contribution in [0.25, 0.3) is 0 Å². The highest BCUT2D eigenvalue weighted by Gasteiger charge is 2.39. The van der Waals surface area contributed by atoms with Crippen LogP contribution in [-0.2, 0) is 42.4 Å². The maximum atomic E-state index is 13.0. The van der Waals surface area contributed by atoms with Crippen molar-refractivity contribution in [2.45, 2.75) is 278 Å². The number of ether oxygens (including phenoxy) is 6. The third-order valence-electron chi connectivity index (χ3n) is 12.0. The molecule has 0 atom stereocenters. The minimum absolute atomic E-state index is 0.0126. The topological polar surface area (TPSA) is 98.8 Å². The highest BCUT2D eigenvalue weighted by molar-refractivity contribution is 6.74. The summed E-state index contributed by atoms with van der Waals surface area (Å²) in [6.07, 6.45) is 30.4.